The SMILES string of the molecule is CC(c1nc2ccccc2s1)N(C)CC(=O)Nc1ccccc1Cl. The fourth-order valence-electron chi connectivity index (χ4n) is 2.37. The first-order valence-electron chi connectivity index (χ1n) is 7.64. The number of halogens is 1. The van der Waals surface area contributed by atoms with E-state index in [-0.39, 0.29) is 18.5 Å². The maximum Gasteiger partial charge on any atom is 0.238 e. The molecule has 0 saturated carbocycles. The van der Waals surface area contributed by atoms with Crippen LogP contribution in [-0.2, 0) is 4.79 Å². The Balaban J connectivity index is 1.66. The average Bonchev–Trinajstić information content (AvgIpc) is 3.00. The van der Waals surface area contributed by atoms with E-state index in [0.717, 1.165) is 15.2 Å². The zero-order chi connectivity index (χ0) is 17.1. The van der Waals surface area contributed by atoms with Crippen molar-refractivity contribution >= 4 is 44.7 Å². The Morgan fingerprint density at radius 3 is 2.71 bits per heavy atom. The van der Waals surface area contributed by atoms with Gasteiger partial charge in [-0.1, -0.05) is 35.9 Å². The van der Waals surface area contributed by atoms with Crippen LogP contribution in [0.1, 0.15) is 18.0 Å². The van der Waals surface area contributed by atoms with Gasteiger partial charge in [-0.25, -0.2) is 4.98 Å². The Morgan fingerprint density at radius 1 is 1.25 bits per heavy atom. The molecule has 6 heteroatoms. The van der Waals surface area contributed by atoms with Gasteiger partial charge < -0.3 is 5.32 Å². The zero-order valence-corrected chi connectivity index (χ0v) is 15.1. The minimum atomic E-state index is -0.0986. The number of fused-ring (bicyclic) bond motifs is 1. The summed E-state index contributed by atoms with van der Waals surface area (Å²) in [5.74, 6) is -0.0986. The van der Waals surface area contributed by atoms with Gasteiger partial charge in [-0.2, -0.15) is 0 Å². The van der Waals surface area contributed by atoms with Crippen molar-refractivity contribution in [3.63, 3.8) is 0 Å². The van der Waals surface area contributed by atoms with Crippen LogP contribution in [0.3, 0.4) is 0 Å². The number of rotatable bonds is 5. The van der Waals surface area contributed by atoms with Crippen molar-refractivity contribution in [3.8, 4) is 0 Å². The molecule has 24 heavy (non-hydrogen) atoms. The molecule has 2 aromatic carbocycles. The number of hydrogen-bond acceptors (Lipinski definition) is 4. The lowest BCUT2D eigenvalue weighted by molar-refractivity contribution is -0.117. The smallest absolute Gasteiger partial charge is 0.238 e. The summed E-state index contributed by atoms with van der Waals surface area (Å²) in [5, 5.41) is 4.38. The van der Waals surface area contributed by atoms with Gasteiger partial charge in [0.1, 0.15) is 5.01 Å². The number of benzene rings is 2. The van der Waals surface area contributed by atoms with E-state index in [1.807, 2.05) is 42.3 Å². The highest BCUT2D eigenvalue weighted by molar-refractivity contribution is 7.18. The van der Waals surface area contributed by atoms with Crippen LogP contribution in [-0.4, -0.2) is 29.4 Å². The molecule has 1 heterocycles. The molecule has 0 spiro atoms. The highest BCUT2D eigenvalue weighted by Gasteiger charge is 2.18. The van der Waals surface area contributed by atoms with Crippen LogP contribution in [0, 0.1) is 0 Å². The zero-order valence-electron chi connectivity index (χ0n) is 13.5. The predicted molar refractivity (Wildman–Crippen MR) is 101 cm³/mol. The van der Waals surface area contributed by atoms with E-state index in [1.165, 1.54) is 0 Å². The van der Waals surface area contributed by atoms with Crippen LogP contribution in [0.5, 0.6) is 0 Å². The minimum Gasteiger partial charge on any atom is -0.324 e. The second-order valence-corrected chi connectivity index (χ2v) is 7.11. The number of amides is 1. The van der Waals surface area contributed by atoms with E-state index in [4.69, 9.17) is 11.6 Å². The number of carbonyl (C=O) groups is 1. The molecule has 124 valence electrons. The fraction of sp³-hybridized carbons (Fsp3) is 0.222. The summed E-state index contributed by atoms with van der Waals surface area (Å²) >= 11 is 7.73. The molecule has 4 nitrogen and oxygen atoms in total. The largest absolute Gasteiger partial charge is 0.324 e. The molecule has 0 aliphatic heterocycles. The number of aromatic nitrogens is 1. The van der Waals surface area contributed by atoms with Crippen molar-refractivity contribution in [2.75, 3.05) is 18.9 Å². The molecule has 1 aromatic heterocycles. The maximum atomic E-state index is 12.3. The van der Waals surface area contributed by atoms with Crippen molar-refractivity contribution in [3.05, 3.63) is 58.6 Å². The summed E-state index contributed by atoms with van der Waals surface area (Å²) in [7, 11) is 1.92. The molecule has 1 unspecified atom stereocenters. The van der Waals surface area contributed by atoms with Gasteiger partial charge in [0, 0.05) is 0 Å². The summed E-state index contributed by atoms with van der Waals surface area (Å²) in [4.78, 5) is 18.9. The second-order valence-electron chi connectivity index (χ2n) is 5.64. The number of para-hydroxylation sites is 2. The lowest BCUT2D eigenvalue weighted by Gasteiger charge is -2.22. The maximum absolute atomic E-state index is 12.3. The Morgan fingerprint density at radius 2 is 1.96 bits per heavy atom. The summed E-state index contributed by atoms with van der Waals surface area (Å²) in [6.07, 6.45) is 0. The Bertz CT molecular complexity index is 831. The number of nitrogens with zero attached hydrogens (tertiary/aromatic N) is 2. The molecule has 0 bridgehead atoms. The van der Waals surface area contributed by atoms with Crippen LogP contribution in [0.25, 0.3) is 10.2 Å². The molecule has 1 amide bonds. The predicted octanol–water partition coefficient (Wildman–Crippen LogP) is 4.58. The van der Waals surface area contributed by atoms with Crippen molar-refractivity contribution in [1.29, 1.82) is 0 Å². The van der Waals surface area contributed by atoms with E-state index in [1.54, 1.807) is 23.5 Å². The summed E-state index contributed by atoms with van der Waals surface area (Å²) in [5.41, 5.74) is 1.63. The quantitative estimate of drug-likeness (QED) is 0.725. The molecule has 0 aliphatic rings. The third kappa shape index (κ3) is 3.75. The van der Waals surface area contributed by atoms with Crippen LogP contribution in [0.15, 0.2) is 48.5 Å². The average molecular weight is 360 g/mol. The Labute approximate surface area is 150 Å². The van der Waals surface area contributed by atoms with Crippen LogP contribution < -0.4 is 5.32 Å². The molecule has 0 radical (unpaired) electrons. The molecular weight excluding hydrogens is 342 g/mol. The Kier molecular flexibility index (Phi) is 5.14. The number of likely N-dealkylation sites (N-methyl/N-ethyl adjacent to an activating group) is 1. The van der Waals surface area contributed by atoms with Gasteiger partial charge in [-0.05, 0) is 38.2 Å². The van der Waals surface area contributed by atoms with Gasteiger partial charge in [0.25, 0.3) is 0 Å². The van der Waals surface area contributed by atoms with Crippen LogP contribution in [0.4, 0.5) is 5.69 Å². The number of anilines is 1. The molecule has 1 N–H and O–H groups in total. The summed E-state index contributed by atoms with van der Waals surface area (Å²) in [6, 6.07) is 15.3. The third-order valence-electron chi connectivity index (χ3n) is 3.87. The monoisotopic (exact) mass is 359 g/mol. The minimum absolute atomic E-state index is 0.0550. The molecule has 0 saturated heterocycles. The molecule has 0 aliphatic carbocycles. The third-order valence-corrected chi connectivity index (χ3v) is 5.41. The van der Waals surface area contributed by atoms with E-state index in [2.05, 4.69) is 23.3 Å². The van der Waals surface area contributed by atoms with Gasteiger partial charge in [0.15, 0.2) is 0 Å². The lowest BCUT2D eigenvalue weighted by Crippen LogP contribution is -2.32. The highest BCUT2D eigenvalue weighted by atomic mass is 35.5. The van der Waals surface area contributed by atoms with Gasteiger partial charge in [-0.15, -0.1) is 11.3 Å². The first-order valence-corrected chi connectivity index (χ1v) is 8.84. The lowest BCUT2D eigenvalue weighted by atomic mass is 10.3. The van der Waals surface area contributed by atoms with Crippen LogP contribution >= 0.6 is 22.9 Å². The van der Waals surface area contributed by atoms with Gasteiger partial charge >= 0.3 is 0 Å². The number of carbonyl (C=O) groups excluding carboxylic acids is 1. The van der Waals surface area contributed by atoms with E-state index >= 15 is 0 Å². The number of hydrogen-bond donors (Lipinski definition) is 1. The molecule has 3 aromatic rings. The first-order chi connectivity index (χ1) is 11.5. The highest BCUT2D eigenvalue weighted by Crippen LogP contribution is 2.28. The van der Waals surface area contributed by atoms with Gasteiger partial charge in [-0.3, -0.25) is 9.69 Å². The van der Waals surface area contributed by atoms with Crippen molar-refractivity contribution in [2.24, 2.45) is 0 Å². The molecule has 3 rings (SSSR count). The normalized spacial score (nSPS) is 12.5. The number of nitrogens with one attached hydrogen (secondary N) is 1. The topological polar surface area (TPSA) is 45.2 Å². The van der Waals surface area contributed by atoms with E-state index in [0.29, 0.717) is 10.7 Å². The molecule has 1 atom stereocenters. The standard InChI is InChI=1S/C18H18ClN3OS/c1-12(18-21-15-9-5-6-10-16(15)24-18)22(2)11-17(23)20-14-8-4-3-7-13(14)19/h3-10,12H,11H2,1-2H3,(H,20,23). The summed E-state index contributed by atoms with van der Waals surface area (Å²) < 4.78 is 1.16. The first kappa shape index (κ1) is 16.9. The van der Waals surface area contributed by atoms with Gasteiger partial charge in [0.05, 0.1) is 33.5 Å². The van der Waals surface area contributed by atoms with E-state index < -0.39 is 0 Å². The van der Waals surface area contributed by atoms with Crippen LogP contribution in [0.2, 0.25) is 5.02 Å². The van der Waals surface area contributed by atoms with E-state index in [9.17, 15) is 4.79 Å². The second kappa shape index (κ2) is 7.30. The van der Waals surface area contributed by atoms with Gasteiger partial charge in [0.2, 0.25) is 5.91 Å². The van der Waals surface area contributed by atoms with Crippen molar-refractivity contribution < 1.29 is 4.79 Å². The van der Waals surface area contributed by atoms with Crippen molar-refractivity contribution in [2.45, 2.75) is 13.0 Å². The fourth-order valence-corrected chi connectivity index (χ4v) is 3.64. The summed E-state index contributed by atoms with van der Waals surface area (Å²) in [6.45, 7) is 2.32. The molecular formula is C18H18ClN3OS. The Hall–Kier alpha value is -1.95. The van der Waals surface area contributed by atoms with Crippen molar-refractivity contribution in [1.82, 2.24) is 9.88 Å². The molecule has 0 fully saturated rings. The number of thiazole rings is 1.